The van der Waals surface area contributed by atoms with Crippen LogP contribution in [0.2, 0.25) is 0 Å². The molecule has 0 fully saturated rings. The zero-order valence-electron chi connectivity index (χ0n) is 12.0. The van der Waals surface area contributed by atoms with Crippen LogP contribution >= 0.6 is 11.8 Å². The van der Waals surface area contributed by atoms with Gasteiger partial charge in [-0.2, -0.15) is 0 Å². The van der Waals surface area contributed by atoms with Gasteiger partial charge in [-0.25, -0.2) is 9.97 Å². The fraction of sp³-hybridized carbons (Fsp3) is 0.333. The van der Waals surface area contributed by atoms with Crippen LogP contribution in [0.4, 0.5) is 5.82 Å². The summed E-state index contributed by atoms with van der Waals surface area (Å²) in [6, 6.07) is 9.91. The number of aryl methyl sites for hydroxylation is 1. The Balaban J connectivity index is 2.22. The molecule has 2 rings (SSSR count). The third-order valence-electron chi connectivity index (χ3n) is 2.65. The van der Waals surface area contributed by atoms with Crippen molar-refractivity contribution in [1.29, 1.82) is 0 Å². The van der Waals surface area contributed by atoms with E-state index in [2.05, 4.69) is 22.2 Å². The molecule has 0 saturated heterocycles. The summed E-state index contributed by atoms with van der Waals surface area (Å²) in [6.45, 7) is 4.95. The molecule has 0 bridgehead atoms. The lowest BCUT2D eigenvalue weighted by Gasteiger charge is -2.09. The number of ether oxygens (including phenoxy) is 1. The van der Waals surface area contributed by atoms with E-state index in [0.29, 0.717) is 0 Å². The van der Waals surface area contributed by atoms with E-state index < -0.39 is 0 Å². The summed E-state index contributed by atoms with van der Waals surface area (Å²) < 4.78 is 5.36. The molecule has 0 amide bonds. The van der Waals surface area contributed by atoms with Gasteiger partial charge < -0.3 is 10.1 Å². The predicted molar refractivity (Wildman–Crippen MR) is 82.7 cm³/mol. The molecule has 20 heavy (non-hydrogen) atoms. The fourth-order valence-electron chi connectivity index (χ4n) is 1.75. The zero-order chi connectivity index (χ0) is 14.4. The fourth-order valence-corrected chi connectivity index (χ4v) is 2.72. The number of anilines is 1. The van der Waals surface area contributed by atoms with Crippen LogP contribution in [-0.2, 0) is 0 Å². The van der Waals surface area contributed by atoms with Crippen molar-refractivity contribution in [2.75, 3.05) is 19.0 Å². The van der Waals surface area contributed by atoms with Gasteiger partial charge >= 0.3 is 0 Å². The molecule has 1 aromatic carbocycles. The van der Waals surface area contributed by atoms with Gasteiger partial charge in [-0.15, -0.1) is 0 Å². The van der Waals surface area contributed by atoms with Crippen LogP contribution in [0.15, 0.2) is 40.3 Å². The maximum atomic E-state index is 5.36. The first-order chi connectivity index (χ1) is 9.72. The molecule has 2 aromatic rings. The van der Waals surface area contributed by atoms with Crippen LogP contribution in [0, 0.1) is 6.92 Å². The molecule has 0 radical (unpaired) electrons. The molecule has 1 aromatic heterocycles. The first-order valence-electron chi connectivity index (χ1n) is 6.63. The van der Waals surface area contributed by atoms with Crippen molar-refractivity contribution in [3.05, 3.63) is 36.2 Å². The van der Waals surface area contributed by atoms with Crippen LogP contribution in [0.25, 0.3) is 0 Å². The standard InChI is InChI=1S/C15H19N3OS/c1-4-9-16-14-10-15(18-11(2)17-14)20-13-8-6-5-7-12(13)19-3/h5-8,10H,4,9H2,1-3H3,(H,16,17,18). The van der Waals surface area contributed by atoms with Crippen molar-refractivity contribution in [3.63, 3.8) is 0 Å². The van der Waals surface area contributed by atoms with Crippen molar-refractivity contribution in [1.82, 2.24) is 9.97 Å². The molecule has 0 aliphatic heterocycles. The monoisotopic (exact) mass is 289 g/mol. The summed E-state index contributed by atoms with van der Waals surface area (Å²) in [5.41, 5.74) is 0. The molecule has 1 heterocycles. The number of methoxy groups -OCH3 is 1. The number of nitrogens with zero attached hydrogens (tertiary/aromatic N) is 2. The maximum absolute atomic E-state index is 5.36. The Bertz CT molecular complexity index is 575. The van der Waals surface area contributed by atoms with Crippen LogP contribution in [0.5, 0.6) is 5.75 Å². The first kappa shape index (κ1) is 14.7. The highest BCUT2D eigenvalue weighted by molar-refractivity contribution is 7.99. The molecular formula is C15H19N3OS. The van der Waals surface area contributed by atoms with E-state index in [1.54, 1.807) is 18.9 Å². The Kier molecular flexibility index (Phi) is 5.24. The highest BCUT2D eigenvalue weighted by Crippen LogP contribution is 2.34. The highest BCUT2D eigenvalue weighted by Gasteiger charge is 2.07. The summed E-state index contributed by atoms with van der Waals surface area (Å²) in [6.07, 6.45) is 1.07. The predicted octanol–water partition coefficient (Wildman–Crippen LogP) is 3.77. The van der Waals surface area contributed by atoms with E-state index in [0.717, 1.165) is 40.3 Å². The normalized spacial score (nSPS) is 10.3. The summed E-state index contributed by atoms with van der Waals surface area (Å²) in [5, 5.41) is 4.21. The van der Waals surface area contributed by atoms with Crippen molar-refractivity contribution in [3.8, 4) is 5.75 Å². The quantitative estimate of drug-likeness (QED) is 0.820. The van der Waals surface area contributed by atoms with Crippen LogP contribution < -0.4 is 10.1 Å². The minimum Gasteiger partial charge on any atom is -0.496 e. The van der Waals surface area contributed by atoms with Gasteiger partial charge in [0, 0.05) is 12.6 Å². The van der Waals surface area contributed by atoms with Gasteiger partial charge in [-0.3, -0.25) is 0 Å². The van der Waals surface area contributed by atoms with Gasteiger partial charge in [0.1, 0.15) is 22.4 Å². The first-order valence-corrected chi connectivity index (χ1v) is 7.45. The Morgan fingerprint density at radius 3 is 2.80 bits per heavy atom. The Morgan fingerprint density at radius 2 is 2.05 bits per heavy atom. The molecule has 106 valence electrons. The van der Waals surface area contributed by atoms with E-state index in [-0.39, 0.29) is 0 Å². The topological polar surface area (TPSA) is 47.0 Å². The molecule has 0 saturated carbocycles. The van der Waals surface area contributed by atoms with Gasteiger partial charge in [-0.1, -0.05) is 30.8 Å². The van der Waals surface area contributed by atoms with E-state index in [4.69, 9.17) is 4.74 Å². The number of benzene rings is 1. The maximum Gasteiger partial charge on any atom is 0.132 e. The van der Waals surface area contributed by atoms with Crippen LogP contribution in [-0.4, -0.2) is 23.6 Å². The number of para-hydroxylation sites is 1. The van der Waals surface area contributed by atoms with Gasteiger partial charge in [0.25, 0.3) is 0 Å². The number of hydrogen-bond donors (Lipinski definition) is 1. The van der Waals surface area contributed by atoms with Gasteiger partial charge in [-0.05, 0) is 25.5 Å². The lowest BCUT2D eigenvalue weighted by molar-refractivity contribution is 0.405. The summed E-state index contributed by atoms with van der Waals surface area (Å²) in [5.74, 6) is 2.50. The average Bonchev–Trinajstić information content (AvgIpc) is 2.45. The molecular weight excluding hydrogens is 270 g/mol. The number of nitrogens with one attached hydrogen (secondary N) is 1. The second-order valence-electron chi connectivity index (χ2n) is 4.32. The number of rotatable bonds is 6. The third-order valence-corrected chi connectivity index (χ3v) is 3.63. The van der Waals surface area contributed by atoms with Gasteiger partial charge in [0.05, 0.1) is 12.0 Å². The molecule has 0 unspecified atom stereocenters. The second-order valence-corrected chi connectivity index (χ2v) is 5.38. The lowest BCUT2D eigenvalue weighted by Crippen LogP contribution is -2.04. The summed E-state index contributed by atoms with van der Waals surface area (Å²) in [4.78, 5) is 9.91. The van der Waals surface area contributed by atoms with Crippen molar-refractivity contribution in [2.45, 2.75) is 30.2 Å². The van der Waals surface area contributed by atoms with Gasteiger partial charge in [0.2, 0.25) is 0 Å². The average molecular weight is 289 g/mol. The van der Waals surface area contributed by atoms with E-state index >= 15 is 0 Å². The van der Waals surface area contributed by atoms with E-state index in [1.165, 1.54) is 0 Å². The Labute approximate surface area is 124 Å². The second kappa shape index (κ2) is 7.14. The Morgan fingerprint density at radius 1 is 1.25 bits per heavy atom. The zero-order valence-corrected chi connectivity index (χ0v) is 12.8. The van der Waals surface area contributed by atoms with E-state index in [1.807, 2.05) is 37.3 Å². The SMILES string of the molecule is CCCNc1cc(Sc2ccccc2OC)nc(C)n1. The van der Waals surface area contributed by atoms with Crippen LogP contribution in [0.3, 0.4) is 0 Å². The highest BCUT2D eigenvalue weighted by atomic mass is 32.2. The van der Waals surface area contributed by atoms with Gasteiger partial charge in [0.15, 0.2) is 0 Å². The molecule has 1 N–H and O–H groups in total. The molecule has 0 aliphatic carbocycles. The minimum absolute atomic E-state index is 0.767. The number of aromatic nitrogens is 2. The Hall–Kier alpha value is -1.75. The molecule has 5 heteroatoms. The van der Waals surface area contributed by atoms with Crippen LogP contribution in [0.1, 0.15) is 19.2 Å². The summed E-state index contributed by atoms with van der Waals surface area (Å²) in [7, 11) is 1.68. The van der Waals surface area contributed by atoms with Crippen molar-refractivity contribution >= 4 is 17.6 Å². The van der Waals surface area contributed by atoms with E-state index in [9.17, 15) is 0 Å². The largest absolute Gasteiger partial charge is 0.496 e. The van der Waals surface area contributed by atoms with Crippen molar-refractivity contribution < 1.29 is 4.74 Å². The summed E-state index contributed by atoms with van der Waals surface area (Å²) >= 11 is 1.58. The molecule has 0 spiro atoms. The third kappa shape index (κ3) is 3.87. The van der Waals surface area contributed by atoms with Crippen molar-refractivity contribution in [2.24, 2.45) is 0 Å². The number of hydrogen-bond acceptors (Lipinski definition) is 5. The smallest absolute Gasteiger partial charge is 0.132 e. The molecule has 0 atom stereocenters. The minimum atomic E-state index is 0.767. The molecule has 0 aliphatic rings. The molecule has 4 nitrogen and oxygen atoms in total. The lowest BCUT2D eigenvalue weighted by atomic mass is 10.3.